The summed E-state index contributed by atoms with van der Waals surface area (Å²) in [5, 5.41) is 16.0. The summed E-state index contributed by atoms with van der Waals surface area (Å²) in [7, 11) is 0. The lowest BCUT2D eigenvalue weighted by atomic mass is 10.1. The molecule has 0 radical (unpaired) electrons. The van der Waals surface area contributed by atoms with E-state index in [0.717, 1.165) is 16.0 Å². The van der Waals surface area contributed by atoms with Gasteiger partial charge in [-0.2, -0.15) is 0 Å². The van der Waals surface area contributed by atoms with E-state index in [9.17, 15) is 19.7 Å². The van der Waals surface area contributed by atoms with Gasteiger partial charge < -0.3 is 10.6 Å². The van der Waals surface area contributed by atoms with Crippen LogP contribution in [0.2, 0.25) is 0 Å². The first-order valence-corrected chi connectivity index (χ1v) is 12.3. The number of nitrogens with zero attached hydrogens (tertiary/aromatic N) is 1. The van der Waals surface area contributed by atoms with Crippen molar-refractivity contribution in [3.63, 3.8) is 0 Å². The second-order valence-electron chi connectivity index (χ2n) is 7.96. The van der Waals surface area contributed by atoms with Crippen LogP contribution in [0.15, 0.2) is 120 Å². The van der Waals surface area contributed by atoms with Gasteiger partial charge in [-0.05, 0) is 47.5 Å². The maximum atomic E-state index is 13.3. The number of rotatable bonds is 9. The molecule has 0 aromatic heterocycles. The minimum Gasteiger partial charge on any atom is -0.325 e. The van der Waals surface area contributed by atoms with Gasteiger partial charge in [-0.3, -0.25) is 19.7 Å². The van der Waals surface area contributed by atoms with E-state index >= 15 is 0 Å². The molecule has 37 heavy (non-hydrogen) atoms. The minimum atomic E-state index is -0.597. The molecule has 184 valence electrons. The van der Waals surface area contributed by atoms with Crippen molar-refractivity contribution in [3.8, 4) is 0 Å². The summed E-state index contributed by atoms with van der Waals surface area (Å²) < 4.78 is 0. The summed E-state index contributed by atoms with van der Waals surface area (Å²) in [6.07, 6.45) is 3.21. The molecule has 4 rings (SSSR count). The van der Waals surface area contributed by atoms with Gasteiger partial charge in [0, 0.05) is 34.5 Å². The van der Waals surface area contributed by atoms with Crippen molar-refractivity contribution in [1.29, 1.82) is 0 Å². The number of anilines is 2. The maximum Gasteiger partial charge on any atom is 0.269 e. The minimum absolute atomic E-state index is 0.0514. The molecular formula is C29H23N3O4S. The van der Waals surface area contributed by atoms with Gasteiger partial charge in [0.1, 0.15) is 5.25 Å². The van der Waals surface area contributed by atoms with E-state index < -0.39 is 10.2 Å². The fourth-order valence-corrected chi connectivity index (χ4v) is 4.56. The smallest absolute Gasteiger partial charge is 0.269 e. The number of nitrogens with one attached hydrogen (secondary N) is 2. The van der Waals surface area contributed by atoms with Gasteiger partial charge in [0.15, 0.2) is 0 Å². The van der Waals surface area contributed by atoms with E-state index in [1.54, 1.807) is 12.1 Å². The highest BCUT2D eigenvalue weighted by molar-refractivity contribution is 8.00. The van der Waals surface area contributed by atoms with Crippen LogP contribution in [0.25, 0.3) is 6.08 Å². The third kappa shape index (κ3) is 7.39. The van der Waals surface area contributed by atoms with Gasteiger partial charge in [0.25, 0.3) is 5.69 Å². The van der Waals surface area contributed by atoms with Crippen LogP contribution in [-0.2, 0) is 9.59 Å². The van der Waals surface area contributed by atoms with Gasteiger partial charge in [-0.15, -0.1) is 11.8 Å². The Morgan fingerprint density at radius 2 is 1.46 bits per heavy atom. The standard InChI is InChI=1S/C29H23N3O4S/c33-27(19-14-21-8-3-1-4-9-21)30-24-12-7-13-26(20-24)37-28(22-10-5-2-6-11-22)29(34)31-23-15-17-25(18-16-23)32(35)36/h1-20,28H,(H,30,33)(H,31,34)/b19-14+. The molecule has 0 spiro atoms. The van der Waals surface area contributed by atoms with Gasteiger partial charge in [-0.1, -0.05) is 66.7 Å². The molecule has 0 heterocycles. The van der Waals surface area contributed by atoms with E-state index in [2.05, 4.69) is 10.6 Å². The second-order valence-corrected chi connectivity index (χ2v) is 9.14. The van der Waals surface area contributed by atoms with Crippen LogP contribution in [0.1, 0.15) is 16.4 Å². The number of non-ortho nitro benzene ring substituents is 1. The molecule has 4 aromatic rings. The van der Waals surface area contributed by atoms with Crippen LogP contribution >= 0.6 is 11.8 Å². The molecule has 1 unspecified atom stereocenters. The highest BCUT2D eigenvalue weighted by Gasteiger charge is 2.22. The van der Waals surface area contributed by atoms with Crippen molar-refractivity contribution in [2.24, 2.45) is 0 Å². The molecule has 7 nitrogen and oxygen atoms in total. The van der Waals surface area contributed by atoms with Crippen molar-refractivity contribution in [1.82, 2.24) is 0 Å². The third-order valence-corrected chi connectivity index (χ3v) is 6.52. The predicted molar refractivity (Wildman–Crippen MR) is 147 cm³/mol. The Morgan fingerprint density at radius 3 is 2.14 bits per heavy atom. The Morgan fingerprint density at radius 1 is 0.784 bits per heavy atom. The molecule has 1 atom stereocenters. The lowest BCUT2D eigenvalue weighted by molar-refractivity contribution is -0.384. The summed E-state index contributed by atoms with van der Waals surface area (Å²) in [5.74, 6) is -0.535. The van der Waals surface area contributed by atoms with Crippen molar-refractivity contribution in [2.45, 2.75) is 10.1 Å². The number of carbonyl (C=O) groups is 2. The number of amides is 2. The second kappa shape index (κ2) is 12.3. The van der Waals surface area contributed by atoms with Gasteiger partial charge in [0.2, 0.25) is 11.8 Å². The van der Waals surface area contributed by atoms with E-state index in [-0.39, 0.29) is 17.5 Å². The zero-order valence-electron chi connectivity index (χ0n) is 19.6. The van der Waals surface area contributed by atoms with Gasteiger partial charge >= 0.3 is 0 Å². The van der Waals surface area contributed by atoms with Gasteiger partial charge in [-0.25, -0.2) is 0 Å². The molecule has 0 saturated heterocycles. The number of hydrogen-bond acceptors (Lipinski definition) is 5. The normalized spacial score (nSPS) is 11.6. The van der Waals surface area contributed by atoms with E-state index in [1.165, 1.54) is 42.1 Å². The van der Waals surface area contributed by atoms with Crippen LogP contribution in [0.3, 0.4) is 0 Å². The molecule has 2 N–H and O–H groups in total. The molecule has 8 heteroatoms. The summed E-state index contributed by atoms with van der Waals surface area (Å²) in [5.41, 5.74) is 2.74. The molecular weight excluding hydrogens is 486 g/mol. The van der Waals surface area contributed by atoms with Crippen LogP contribution in [0.4, 0.5) is 17.1 Å². The molecule has 0 aliphatic heterocycles. The SMILES string of the molecule is O=C(/C=C/c1ccccc1)Nc1cccc(SC(C(=O)Nc2ccc([N+](=O)[O-])cc2)c2ccccc2)c1. The molecule has 0 bridgehead atoms. The van der Waals surface area contributed by atoms with E-state index in [1.807, 2.05) is 78.9 Å². The number of thioether (sulfide) groups is 1. The Bertz CT molecular complexity index is 1410. The third-order valence-electron chi connectivity index (χ3n) is 5.27. The summed E-state index contributed by atoms with van der Waals surface area (Å²) in [6.45, 7) is 0. The highest BCUT2D eigenvalue weighted by Crippen LogP contribution is 2.37. The van der Waals surface area contributed by atoms with Crippen molar-refractivity contribution in [2.75, 3.05) is 10.6 Å². The van der Waals surface area contributed by atoms with Crippen molar-refractivity contribution in [3.05, 3.63) is 137 Å². The average molecular weight is 510 g/mol. The summed E-state index contributed by atoms with van der Waals surface area (Å²) in [4.78, 5) is 36.9. The topological polar surface area (TPSA) is 101 Å². The summed E-state index contributed by atoms with van der Waals surface area (Å²) >= 11 is 1.34. The molecule has 0 aliphatic carbocycles. The fraction of sp³-hybridized carbons (Fsp3) is 0.0345. The zero-order chi connectivity index (χ0) is 26.0. The Kier molecular flexibility index (Phi) is 8.46. The Labute approximate surface area is 218 Å². The van der Waals surface area contributed by atoms with Crippen LogP contribution in [-0.4, -0.2) is 16.7 Å². The van der Waals surface area contributed by atoms with Crippen LogP contribution in [0, 0.1) is 10.1 Å². The molecule has 4 aromatic carbocycles. The number of nitro benzene ring substituents is 1. The lowest BCUT2D eigenvalue weighted by Crippen LogP contribution is -2.19. The Hall–Kier alpha value is -4.69. The summed E-state index contributed by atoms with van der Waals surface area (Å²) in [6, 6.07) is 31.8. The quantitative estimate of drug-likeness (QED) is 0.113. The van der Waals surface area contributed by atoms with Crippen LogP contribution < -0.4 is 10.6 Å². The Balaban J connectivity index is 1.48. The van der Waals surface area contributed by atoms with Crippen molar-refractivity contribution < 1.29 is 14.5 Å². The van der Waals surface area contributed by atoms with Crippen LogP contribution in [0.5, 0.6) is 0 Å². The molecule has 0 fully saturated rings. The lowest BCUT2D eigenvalue weighted by Gasteiger charge is -2.17. The zero-order valence-corrected chi connectivity index (χ0v) is 20.4. The number of nitro groups is 1. The van der Waals surface area contributed by atoms with Crippen molar-refractivity contribution >= 4 is 46.7 Å². The first kappa shape index (κ1) is 25.4. The first-order chi connectivity index (χ1) is 18.0. The average Bonchev–Trinajstić information content (AvgIpc) is 2.92. The largest absolute Gasteiger partial charge is 0.325 e. The fourth-order valence-electron chi connectivity index (χ4n) is 3.48. The number of carbonyl (C=O) groups excluding carboxylic acids is 2. The number of benzene rings is 4. The number of hydrogen-bond donors (Lipinski definition) is 2. The maximum absolute atomic E-state index is 13.3. The monoisotopic (exact) mass is 509 g/mol. The van der Waals surface area contributed by atoms with Gasteiger partial charge in [0.05, 0.1) is 4.92 Å². The first-order valence-electron chi connectivity index (χ1n) is 11.4. The van der Waals surface area contributed by atoms with E-state index in [4.69, 9.17) is 0 Å². The molecule has 0 saturated carbocycles. The molecule has 2 amide bonds. The van der Waals surface area contributed by atoms with E-state index in [0.29, 0.717) is 11.4 Å². The highest BCUT2D eigenvalue weighted by atomic mass is 32.2. The predicted octanol–water partition coefficient (Wildman–Crippen LogP) is 6.72. The molecule has 0 aliphatic rings.